The first-order valence-electron chi connectivity index (χ1n) is 5.35. The molecule has 0 amide bonds. The highest BCUT2D eigenvalue weighted by Gasteiger charge is 2.00. The van der Waals surface area contributed by atoms with Gasteiger partial charge in [-0.15, -0.1) is 9.24 Å². The Morgan fingerprint density at radius 2 is 1.44 bits per heavy atom. The third-order valence-corrected chi connectivity index (χ3v) is 3.13. The standard InChI is InChI=1S/C15H15P/c1-12(14-5-3-2-4-6-14)15-9-7-13(11-16)8-10-15/h2-10H,1,11,16H2. The van der Waals surface area contributed by atoms with Crippen molar-refractivity contribution >= 4 is 14.8 Å². The van der Waals surface area contributed by atoms with Crippen molar-refractivity contribution in [3.05, 3.63) is 77.9 Å². The first-order valence-corrected chi connectivity index (χ1v) is 6.16. The molecule has 0 spiro atoms. The molecule has 0 aliphatic rings. The fraction of sp³-hybridized carbons (Fsp3) is 0.0667. The van der Waals surface area contributed by atoms with Crippen molar-refractivity contribution in [3.8, 4) is 0 Å². The Labute approximate surface area is 99.2 Å². The van der Waals surface area contributed by atoms with Crippen molar-refractivity contribution < 1.29 is 0 Å². The lowest BCUT2D eigenvalue weighted by atomic mass is 9.99. The second-order valence-electron chi connectivity index (χ2n) is 3.75. The molecule has 0 saturated carbocycles. The molecule has 0 bridgehead atoms. The smallest absolute Gasteiger partial charge is 0.0128 e. The van der Waals surface area contributed by atoms with Crippen molar-refractivity contribution in [2.75, 3.05) is 0 Å². The molecule has 1 unspecified atom stereocenters. The van der Waals surface area contributed by atoms with E-state index in [0.717, 1.165) is 11.7 Å². The molecule has 16 heavy (non-hydrogen) atoms. The molecule has 0 aliphatic carbocycles. The lowest BCUT2D eigenvalue weighted by Crippen LogP contribution is -1.86. The van der Waals surface area contributed by atoms with Crippen LogP contribution in [0.15, 0.2) is 61.2 Å². The zero-order valence-electron chi connectivity index (χ0n) is 9.19. The van der Waals surface area contributed by atoms with Gasteiger partial charge in [-0.3, -0.25) is 0 Å². The summed E-state index contributed by atoms with van der Waals surface area (Å²) in [5, 5.41) is 0. The second-order valence-corrected chi connectivity index (χ2v) is 4.15. The lowest BCUT2D eigenvalue weighted by molar-refractivity contribution is 1.40. The summed E-state index contributed by atoms with van der Waals surface area (Å²) < 4.78 is 0. The maximum Gasteiger partial charge on any atom is -0.0128 e. The van der Waals surface area contributed by atoms with Gasteiger partial charge in [0.15, 0.2) is 0 Å². The van der Waals surface area contributed by atoms with Gasteiger partial charge < -0.3 is 0 Å². The first-order chi connectivity index (χ1) is 7.81. The average molecular weight is 226 g/mol. The molecule has 0 heterocycles. The molecule has 0 radical (unpaired) electrons. The van der Waals surface area contributed by atoms with Gasteiger partial charge in [0.25, 0.3) is 0 Å². The van der Waals surface area contributed by atoms with Crippen molar-refractivity contribution in [2.45, 2.75) is 6.16 Å². The normalized spacial score (nSPS) is 10.1. The van der Waals surface area contributed by atoms with Gasteiger partial charge in [-0.2, -0.15) is 0 Å². The van der Waals surface area contributed by atoms with Gasteiger partial charge in [-0.05, 0) is 28.4 Å². The van der Waals surface area contributed by atoms with Crippen molar-refractivity contribution in [2.24, 2.45) is 0 Å². The van der Waals surface area contributed by atoms with Crippen LogP contribution in [-0.4, -0.2) is 0 Å². The topological polar surface area (TPSA) is 0 Å². The highest BCUT2D eigenvalue weighted by atomic mass is 31.0. The van der Waals surface area contributed by atoms with E-state index in [0.29, 0.717) is 0 Å². The second kappa shape index (κ2) is 5.09. The van der Waals surface area contributed by atoms with E-state index in [1.54, 1.807) is 0 Å². The molecule has 2 aromatic carbocycles. The van der Waals surface area contributed by atoms with E-state index < -0.39 is 0 Å². The van der Waals surface area contributed by atoms with Gasteiger partial charge in [-0.1, -0.05) is 61.2 Å². The van der Waals surface area contributed by atoms with Crippen LogP contribution in [0.4, 0.5) is 0 Å². The molecule has 0 fully saturated rings. The summed E-state index contributed by atoms with van der Waals surface area (Å²) in [5.74, 6) is 0. The van der Waals surface area contributed by atoms with E-state index in [1.807, 2.05) is 18.2 Å². The molecule has 80 valence electrons. The Hall–Kier alpha value is -1.39. The van der Waals surface area contributed by atoms with Crippen LogP contribution in [0.25, 0.3) is 5.57 Å². The maximum atomic E-state index is 4.15. The minimum Gasteiger partial charge on any atom is -0.133 e. The predicted octanol–water partition coefficient (Wildman–Crippen LogP) is 4.12. The van der Waals surface area contributed by atoms with Crippen LogP contribution >= 0.6 is 9.24 Å². The molecule has 0 N–H and O–H groups in total. The van der Waals surface area contributed by atoms with Crippen LogP contribution in [0, 0.1) is 0 Å². The third kappa shape index (κ3) is 2.40. The summed E-state index contributed by atoms with van der Waals surface area (Å²) >= 11 is 0. The summed E-state index contributed by atoms with van der Waals surface area (Å²) in [6.45, 7) is 4.15. The van der Waals surface area contributed by atoms with E-state index in [1.165, 1.54) is 16.7 Å². The van der Waals surface area contributed by atoms with Crippen LogP contribution in [0.3, 0.4) is 0 Å². The quantitative estimate of drug-likeness (QED) is 0.690. The van der Waals surface area contributed by atoms with Crippen LogP contribution in [-0.2, 0) is 6.16 Å². The molecule has 2 aromatic rings. The van der Waals surface area contributed by atoms with Gasteiger partial charge in [0.1, 0.15) is 0 Å². The zero-order valence-corrected chi connectivity index (χ0v) is 10.3. The van der Waals surface area contributed by atoms with Gasteiger partial charge in [0.2, 0.25) is 0 Å². The van der Waals surface area contributed by atoms with Crippen LogP contribution in [0.5, 0.6) is 0 Å². The monoisotopic (exact) mass is 226 g/mol. The molecule has 0 nitrogen and oxygen atoms in total. The van der Waals surface area contributed by atoms with Gasteiger partial charge in [0.05, 0.1) is 0 Å². The summed E-state index contributed by atoms with van der Waals surface area (Å²) in [4.78, 5) is 0. The van der Waals surface area contributed by atoms with Gasteiger partial charge >= 0.3 is 0 Å². The highest BCUT2D eigenvalue weighted by molar-refractivity contribution is 7.15. The Morgan fingerprint density at radius 1 is 0.875 bits per heavy atom. The molecule has 0 saturated heterocycles. The largest absolute Gasteiger partial charge is 0.133 e. The molecule has 0 aliphatic heterocycles. The summed E-state index contributed by atoms with van der Waals surface area (Å²) in [7, 11) is 2.73. The van der Waals surface area contributed by atoms with Crippen molar-refractivity contribution in [1.29, 1.82) is 0 Å². The number of benzene rings is 2. The Bertz CT molecular complexity index is 469. The summed E-state index contributed by atoms with van der Waals surface area (Å²) in [5.41, 5.74) is 4.78. The molecular formula is C15H15P. The van der Waals surface area contributed by atoms with E-state index in [9.17, 15) is 0 Å². The maximum absolute atomic E-state index is 4.15. The first kappa shape index (κ1) is 11.1. The highest BCUT2D eigenvalue weighted by Crippen LogP contribution is 2.21. The Morgan fingerprint density at radius 3 is 2.00 bits per heavy atom. The predicted molar refractivity (Wildman–Crippen MR) is 74.4 cm³/mol. The SMILES string of the molecule is C=C(c1ccccc1)c1ccc(CP)cc1. The molecule has 0 aromatic heterocycles. The fourth-order valence-electron chi connectivity index (χ4n) is 1.65. The Balaban J connectivity index is 2.28. The minimum absolute atomic E-state index is 0.998. The molecule has 1 atom stereocenters. The number of hydrogen-bond donors (Lipinski definition) is 0. The summed E-state index contributed by atoms with van der Waals surface area (Å²) in [6.07, 6.45) is 0.998. The minimum atomic E-state index is 0.998. The van der Waals surface area contributed by atoms with Gasteiger partial charge in [0, 0.05) is 0 Å². The number of hydrogen-bond acceptors (Lipinski definition) is 0. The fourth-order valence-corrected chi connectivity index (χ4v) is 1.92. The zero-order chi connectivity index (χ0) is 11.4. The summed E-state index contributed by atoms with van der Waals surface area (Å²) in [6, 6.07) is 18.8. The van der Waals surface area contributed by atoms with Gasteiger partial charge in [-0.25, -0.2) is 0 Å². The van der Waals surface area contributed by atoms with Crippen molar-refractivity contribution in [1.82, 2.24) is 0 Å². The van der Waals surface area contributed by atoms with Crippen LogP contribution < -0.4 is 0 Å². The van der Waals surface area contributed by atoms with Crippen LogP contribution in [0.1, 0.15) is 16.7 Å². The van der Waals surface area contributed by atoms with E-state index >= 15 is 0 Å². The molecular weight excluding hydrogens is 211 g/mol. The van der Waals surface area contributed by atoms with E-state index in [-0.39, 0.29) is 0 Å². The third-order valence-electron chi connectivity index (χ3n) is 2.66. The molecule has 2 rings (SSSR count). The molecule has 1 heteroatoms. The average Bonchev–Trinajstić information content (AvgIpc) is 2.39. The van der Waals surface area contributed by atoms with Crippen molar-refractivity contribution in [3.63, 3.8) is 0 Å². The Kier molecular flexibility index (Phi) is 3.54. The van der Waals surface area contributed by atoms with E-state index in [4.69, 9.17) is 0 Å². The lowest BCUT2D eigenvalue weighted by Gasteiger charge is -2.06. The van der Waals surface area contributed by atoms with E-state index in [2.05, 4.69) is 52.2 Å². The van der Waals surface area contributed by atoms with Crippen LogP contribution in [0.2, 0.25) is 0 Å². The number of rotatable bonds is 3.